The second-order valence-corrected chi connectivity index (χ2v) is 7.79. The lowest BCUT2D eigenvalue weighted by molar-refractivity contribution is 0.0679. The first-order valence-corrected chi connectivity index (χ1v) is 9.80. The van der Waals surface area contributed by atoms with Crippen LogP contribution in [0.1, 0.15) is 58.9 Å². The maximum Gasteiger partial charge on any atom is 0.258 e. The molecule has 0 spiro atoms. The Morgan fingerprint density at radius 2 is 1.75 bits per heavy atom. The summed E-state index contributed by atoms with van der Waals surface area (Å²) in [6.07, 6.45) is 4.32. The van der Waals surface area contributed by atoms with E-state index in [9.17, 15) is 14.0 Å². The van der Waals surface area contributed by atoms with Crippen molar-refractivity contribution in [3.63, 3.8) is 0 Å². The third-order valence-corrected chi connectivity index (χ3v) is 5.70. The average Bonchev–Trinajstić information content (AvgIpc) is 2.69. The van der Waals surface area contributed by atoms with Crippen LogP contribution in [0.2, 0.25) is 0 Å². The van der Waals surface area contributed by atoms with Crippen molar-refractivity contribution in [3.8, 4) is 0 Å². The number of rotatable bonds is 4. The van der Waals surface area contributed by atoms with Crippen LogP contribution in [0.15, 0.2) is 42.5 Å². The molecule has 0 radical (unpaired) electrons. The number of carbonyl (C=O) groups is 2. The number of carbonyl (C=O) groups excluding carboxylic acids is 2. The molecule has 148 valence electrons. The van der Waals surface area contributed by atoms with E-state index < -0.39 is 11.7 Å². The zero-order valence-electron chi connectivity index (χ0n) is 16.7. The normalized spacial score (nSPS) is 19.1. The molecule has 2 aromatic carbocycles. The smallest absolute Gasteiger partial charge is 0.258 e. The molecule has 2 aromatic rings. The van der Waals surface area contributed by atoms with Crippen LogP contribution in [0, 0.1) is 18.7 Å². The van der Waals surface area contributed by atoms with Gasteiger partial charge in [-0.25, -0.2) is 4.39 Å². The van der Waals surface area contributed by atoms with E-state index in [-0.39, 0.29) is 17.5 Å². The molecule has 1 aliphatic carbocycles. The molecular weight excluding hydrogens is 355 g/mol. The molecule has 5 heteroatoms. The van der Waals surface area contributed by atoms with Crippen molar-refractivity contribution in [2.75, 3.05) is 12.4 Å². The number of halogens is 1. The fourth-order valence-electron chi connectivity index (χ4n) is 3.72. The molecule has 1 N–H and O–H groups in total. The minimum Gasteiger partial charge on any atom is -0.339 e. The van der Waals surface area contributed by atoms with Crippen LogP contribution in [-0.4, -0.2) is 29.8 Å². The Kier molecular flexibility index (Phi) is 6.12. The van der Waals surface area contributed by atoms with Crippen molar-refractivity contribution < 1.29 is 14.0 Å². The van der Waals surface area contributed by atoms with Gasteiger partial charge in [-0.2, -0.15) is 0 Å². The van der Waals surface area contributed by atoms with Crippen molar-refractivity contribution in [2.45, 2.75) is 45.6 Å². The van der Waals surface area contributed by atoms with Gasteiger partial charge in [0.15, 0.2) is 0 Å². The van der Waals surface area contributed by atoms with Crippen molar-refractivity contribution in [3.05, 3.63) is 65.0 Å². The molecule has 0 unspecified atom stereocenters. The third-order valence-electron chi connectivity index (χ3n) is 5.70. The first kappa shape index (κ1) is 20.1. The molecule has 1 fully saturated rings. The topological polar surface area (TPSA) is 49.4 Å². The highest BCUT2D eigenvalue weighted by molar-refractivity contribution is 6.05. The van der Waals surface area contributed by atoms with E-state index in [4.69, 9.17) is 0 Å². The predicted octanol–water partition coefficient (Wildman–Crippen LogP) is 5.04. The van der Waals surface area contributed by atoms with Crippen LogP contribution in [-0.2, 0) is 0 Å². The summed E-state index contributed by atoms with van der Waals surface area (Å²) >= 11 is 0. The number of nitrogens with zero attached hydrogens (tertiary/aromatic N) is 1. The zero-order valence-corrected chi connectivity index (χ0v) is 16.7. The standard InChI is InChI=1S/C23H27FN2O2/c1-15-8-12-18(13-9-15)26(3)23(28)17-11-10-16(2)21(14-17)25-22(27)19-6-4-5-7-20(19)24/h4-7,10-11,14-15,18H,8-9,12-13H2,1-3H3,(H,25,27). The molecule has 0 saturated heterocycles. The summed E-state index contributed by atoms with van der Waals surface area (Å²) in [6.45, 7) is 4.10. The van der Waals surface area contributed by atoms with Crippen molar-refractivity contribution in [1.82, 2.24) is 4.90 Å². The molecule has 0 aliphatic heterocycles. The van der Waals surface area contributed by atoms with E-state index in [2.05, 4.69) is 12.2 Å². The lowest BCUT2D eigenvalue weighted by Gasteiger charge is -2.33. The summed E-state index contributed by atoms with van der Waals surface area (Å²) in [5.41, 5.74) is 1.84. The van der Waals surface area contributed by atoms with Crippen LogP contribution in [0.25, 0.3) is 0 Å². The molecule has 28 heavy (non-hydrogen) atoms. The Morgan fingerprint density at radius 1 is 1.07 bits per heavy atom. The van der Waals surface area contributed by atoms with Crippen molar-refractivity contribution >= 4 is 17.5 Å². The summed E-state index contributed by atoms with van der Waals surface area (Å²) in [4.78, 5) is 27.2. The van der Waals surface area contributed by atoms with Gasteiger partial charge in [-0.05, 0) is 68.4 Å². The van der Waals surface area contributed by atoms with E-state index in [1.54, 1.807) is 30.3 Å². The average molecular weight is 382 g/mol. The third kappa shape index (κ3) is 4.41. The molecule has 2 amide bonds. The van der Waals surface area contributed by atoms with E-state index in [0.717, 1.165) is 37.2 Å². The van der Waals surface area contributed by atoms with Gasteiger partial charge < -0.3 is 10.2 Å². The molecule has 4 nitrogen and oxygen atoms in total. The Balaban J connectivity index is 1.76. The number of nitrogens with one attached hydrogen (secondary N) is 1. The van der Waals surface area contributed by atoms with Crippen molar-refractivity contribution in [2.24, 2.45) is 5.92 Å². The van der Waals surface area contributed by atoms with Crippen molar-refractivity contribution in [1.29, 1.82) is 0 Å². The largest absolute Gasteiger partial charge is 0.339 e. The molecule has 1 aliphatic rings. The highest BCUT2D eigenvalue weighted by atomic mass is 19.1. The van der Waals surface area contributed by atoms with Crippen LogP contribution in [0.5, 0.6) is 0 Å². The SMILES string of the molecule is Cc1ccc(C(=O)N(C)C2CCC(C)CC2)cc1NC(=O)c1ccccc1F. The van der Waals surface area contributed by atoms with Crippen LogP contribution >= 0.6 is 0 Å². The van der Waals surface area contributed by atoms with Gasteiger partial charge in [0.25, 0.3) is 11.8 Å². The van der Waals surface area contributed by atoms with Gasteiger partial charge in [-0.3, -0.25) is 9.59 Å². The number of aryl methyl sites for hydroxylation is 1. The fraction of sp³-hybridized carbons (Fsp3) is 0.391. The zero-order chi connectivity index (χ0) is 20.3. The summed E-state index contributed by atoms with van der Waals surface area (Å²) in [5, 5.41) is 2.74. The molecule has 1 saturated carbocycles. The number of benzene rings is 2. The van der Waals surface area contributed by atoms with Crippen LogP contribution in [0.3, 0.4) is 0 Å². The maximum atomic E-state index is 13.9. The minimum atomic E-state index is -0.573. The summed E-state index contributed by atoms with van der Waals surface area (Å²) in [7, 11) is 1.85. The van der Waals surface area contributed by atoms with E-state index in [1.165, 1.54) is 12.1 Å². The van der Waals surface area contributed by atoms with Gasteiger partial charge >= 0.3 is 0 Å². The number of amides is 2. The highest BCUT2D eigenvalue weighted by Gasteiger charge is 2.26. The van der Waals surface area contributed by atoms with Gasteiger partial charge in [0, 0.05) is 24.3 Å². The van der Waals surface area contributed by atoms with Crippen LogP contribution in [0.4, 0.5) is 10.1 Å². The Morgan fingerprint density at radius 3 is 2.43 bits per heavy atom. The maximum absolute atomic E-state index is 13.9. The summed E-state index contributed by atoms with van der Waals surface area (Å²) in [5.74, 6) is -0.433. The van der Waals surface area contributed by atoms with Gasteiger partial charge in [0.1, 0.15) is 5.82 Å². The molecule has 0 heterocycles. The number of hydrogen-bond donors (Lipinski definition) is 1. The molecule has 0 aromatic heterocycles. The quantitative estimate of drug-likeness (QED) is 0.806. The first-order valence-electron chi connectivity index (χ1n) is 9.80. The molecule has 3 rings (SSSR count). The monoisotopic (exact) mass is 382 g/mol. The summed E-state index contributed by atoms with van der Waals surface area (Å²) < 4.78 is 13.9. The predicted molar refractivity (Wildman–Crippen MR) is 109 cm³/mol. The van der Waals surface area contributed by atoms with E-state index >= 15 is 0 Å². The summed E-state index contributed by atoms with van der Waals surface area (Å²) in [6, 6.07) is 11.4. The molecule has 0 bridgehead atoms. The Hall–Kier alpha value is -2.69. The van der Waals surface area contributed by atoms with E-state index in [0.29, 0.717) is 11.3 Å². The molecule has 0 atom stereocenters. The lowest BCUT2D eigenvalue weighted by Crippen LogP contribution is -2.39. The highest BCUT2D eigenvalue weighted by Crippen LogP contribution is 2.28. The van der Waals surface area contributed by atoms with Gasteiger partial charge in [0.2, 0.25) is 0 Å². The Bertz CT molecular complexity index is 873. The van der Waals surface area contributed by atoms with Gasteiger partial charge in [-0.15, -0.1) is 0 Å². The number of anilines is 1. The Labute approximate surface area is 165 Å². The van der Waals surface area contributed by atoms with Gasteiger partial charge in [0.05, 0.1) is 5.56 Å². The van der Waals surface area contributed by atoms with E-state index in [1.807, 2.05) is 18.9 Å². The second kappa shape index (κ2) is 8.55. The fourth-order valence-corrected chi connectivity index (χ4v) is 3.72. The number of hydrogen-bond acceptors (Lipinski definition) is 2. The lowest BCUT2D eigenvalue weighted by atomic mass is 9.86. The van der Waals surface area contributed by atoms with Crippen LogP contribution < -0.4 is 5.32 Å². The second-order valence-electron chi connectivity index (χ2n) is 7.79. The first-order chi connectivity index (χ1) is 13.4. The van der Waals surface area contributed by atoms with Gasteiger partial charge in [-0.1, -0.05) is 25.1 Å². The molecular formula is C23H27FN2O2. The minimum absolute atomic E-state index is 0.0212.